The number of aryl methyl sites for hydroxylation is 2. The van der Waals surface area contributed by atoms with E-state index in [2.05, 4.69) is 16.3 Å². The second kappa shape index (κ2) is 7.08. The predicted molar refractivity (Wildman–Crippen MR) is 97.2 cm³/mol. The molecule has 3 aliphatic rings. The highest BCUT2D eigenvalue weighted by Gasteiger charge is 2.38. The summed E-state index contributed by atoms with van der Waals surface area (Å²) in [5.74, 6) is -0.0161. The van der Waals surface area contributed by atoms with Crippen LogP contribution in [0, 0.1) is 5.92 Å². The van der Waals surface area contributed by atoms with E-state index in [-0.39, 0.29) is 18.5 Å². The maximum atomic E-state index is 12.5. The van der Waals surface area contributed by atoms with E-state index in [1.54, 1.807) is 11.3 Å². The zero-order chi connectivity index (χ0) is 17.4. The van der Waals surface area contributed by atoms with Crippen LogP contribution in [0.4, 0.5) is 0 Å². The summed E-state index contributed by atoms with van der Waals surface area (Å²) in [5.41, 5.74) is 1.37. The van der Waals surface area contributed by atoms with Crippen LogP contribution in [-0.4, -0.2) is 47.1 Å². The molecule has 1 aromatic heterocycles. The van der Waals surface area contributed by atoms with Gasteiger partial charge in [0.1, 0.15) is 0 Å². The summed E-state index contributed by atoms with van der Waals surface area (Å²) in [5, 5.41) is 12.3. The molecule has 0 radical (unpaired) electrons. The van der Waals surface area contributed by atoms with Gasteiger partial charge in [0.25, 0.3) is 5.91 Å². The van der Waals surface area contributed by atoms with Crippen molar-refractivity contribution in [2.75, 3.05) is 13.1 Å². The van der Waals surface area contributed by atoms with Gasteiger partial charge in [-0.25, -0.2) is 0 Å². The first kappa shape index (κ1) is 17.0. The first-order valence-corrected chi connectivity index (χ1v) is 10.3. The molecule has 2 saturated carbocycles. The Hall–Kier alpha value is -1.40. The lowest BCUT2D eigenvalue weighted by molar-refractivity contribution is -0.139. The predicted octanol–water partition coefficient (Wildman–Crippen LogP) is 2.68. The molecule has 0 aliphatic heterocycles. The van der Waals surface area contributed by atoms with Crippen molar-refractivity contribution < 1.29 is 14.7 Å². The number of carboxylic acids is 1. The Bertz CT molecular complexity index is 638. The molecule has 2 N–H and O–H groups in total. The van der Waals surface area contributed by atoms with E-state index in [1.807, 2.05) is 0 Å². The van der Waals surface area contributed by atoms with Crippen LogP contribution in [0.5, 0.6) is 0 Å². The van der Waals surface area contributed by atoms with Crippen molar-refractivity contribution in [2.24, 2.45) is 5.92 Å². The molecule has 136 valence electrons. The molecule has 5 nitrogen and oxygen atoms in total. The summed E-state index contributed by atoms with van der Waals surface area (Å²) in [6.07, 6.45) is 8.89. The number of carbonyl (C=O) groups is 2. The van der Waals surface area contributed by atoms with E-state index in [0.29, 0.717) is 12.0 Å². The minimum Gasteiger partial charge on any atom is -0.480 e. The van der Waals surface area contributed by atoms with Crippen LogP contribution in [0.1, 0.15) is 58.6 Å². The number of carboxylic acid groups (broad SMARTS) is 1. The summed E-state index contributed by atoms with van der Waals surface area (Å²) in [6, 6.07) is 2.57. The van der Waals surface area contributed by atoms with E-state index in [1.165, 1.54) is 36.1 Å². The standard InChI is InChI=1S/C19H26N2O3S/c22-18(23)11-21(10-12-5-6-12)15-8-14(9-15)20-19(24)17-7-13-3-1-2-4-16(13)25-17/h7,12,14-15H,1-6,8-11H2,(H,20,24)(H,22,23). The maximum Gasteiger partial charge on any atom is 0.317 e. The average molecular weight is 362 g/mol. The molecule has 3 aliphatic carbocycles. The first-order chi connectivity index (χ1) is 12.1. The smallest absolute Gasteiger partial charge is 0.317 e. The molecular formula is C19H26N2O3S. The van der Waals surface area contributed by atoms with Gasteiger partial charge in [-0.1, -0.05) is 0 Å². The Morgan fingerprint density at radius 2 is 2.00 bits per heavy atom. The number of aliphatic carboxylic acids is 1. The van der Waals surface area contributed by atoms with Gasteiger partial charge in [-0.05, 0) is 68.9 Å². The van der Waals surface area contributed by atoms with Crippen LogP contribution >= 0.6 is 11.3 Å². The van der Waals surface area contributed by atoms with Crippen molar-refractivity contribution >= 4 is 23.2 Å². The molecule has 1 amide bonds. The summed E-state index contributed by atoms with van der Waals surface area (Å²) in [4.78, 5) is 27.9. The van der Waals surface area contributed by atoms with Crippen molar-refractivity contribution in [2.45, 2.75) is 63.5 Å². The van der Waals surface area contributed by atoms with Gasteiger partial charge in [0.2, 0.25) is 0 Å². The highest BCUT2D eigenvalue weighted by atomic mass is 32.1. The SMILES string of the molecule is O=C(O)CN(CC1CC1)C1CC(NC(=O)c2cc3c(s2)CCCC3)C1. The van der Waals surface area contributed by atoms with Crippen LogP contribution in [0.25, 0.3) is 0 Å². The highest BCUT2D eigenvalue weighted by Crippen LogP contribution is 2.34. The molecule has 2 fully saturated rings. The largest absolute Gasteiger partial charge is 0.480 e. The van der Waals surface area contributed by atoms with Gasteiger partial charge in [0, 0.05) is 23.5 Å². The zero-order valence-electron chi connectivity index (χ0n) is 14.5. The van der Waals surface area contributed by atoms with Crippen molar-refractivity contribution in [1.82, 2.24) is 10.2 Å². The lowest BCUT2D eigenvalue weighted by Crippen LogP contribution is -2.55. The van der Waals surface area contributed by atoms with Crippen molar-refractivity contribution in [3.05, 3.63) is 21.4 Å². The van der Waals surface area contributed by atoms with Crippen molar-refractivity contribution in [3.8, 4) is 0 Å². The number of nitrogens with zero attached hydrogens (tertiary/aromatic N) is 1. The summed E-state index contributed by atoms with van der Waals surface area (Å²) >= 11 is 1.65. The molecule has 4 rings (SSSR count). The van der Waals surface area contributed by atoms with Gasteiger partial charge < -0.3 is 10.4 Å². The third-order valence-electron chi connectivity index (χ3n) is 5.71. The van der Waals surface area contributed by atoms with Crippen LogP contribution in [0.3, 0.4) is 0 Å². The van der Waals surface area contributed by atoms with E-state index in [9.17, 15) is 9.59 Å². The lowest BCUT2D eigenvalue weighted by atomic mass is 9.85. The number of hydrogen-bond acceptors (Lipinski definition) is 4. The van der Waals surface area contributed by atoms with Gasteiger partial charge in [-0.3, -0.25) is 14.5 Å². The van der Waals surface area contributed by atoms with Crippen LogP contribution < -0.4 is 5.32 Å². The molecule has 0 bridgehead atoms. The molecule has 0 atom stereocenters. The molecule has 0 saturated heterocycles. The number of fused-ring (bicyclic) bond motifs is 1. The molecule has 0 spiro atoms. The second-order valence-electron chi connectivity index (χ2n) is 7.83. The normalized spacial score (nSPS) is 25.3. The first-order valence-electron chi connectivity index (χ1n) is 9.47. The second-order valence-corrected chi connectivity index (χ2v) is 8.97. The number of thiophene rings is 1. The minimum atomic E-state index is -0.752. The fourth-order valence-electron chi connectivity index (χ4n) is 4.01. The third-order valence-corrected chi connectivity index (χ3v) is 6.95. The Balaban J connectivity index is 1.28. The summed E-state index contributed by atoms with van der Waals surface area (Å²) in [6.45, 7) is 1.02. The van der Waals surface area contributed by atoms with Crippen molar-refractivity contribution in [1.29, 1.82) is 0 Å². The zero-order valence-corrected chi connectivity index (χ0v) is 15.3. The van der Waals surface area contributed by atoms with Crippen LogP contribution in [0.15, 0.2) is 6.07 Å². The number of hydrogen-bond donors (Lipinski definition) is 2. The summed E-state index contributed by atoms with van der Waals surface area (Å²) < 4.78 is 0. The van der Waals surface area contributed by atoms with Crippen LogP contribution in [-0.2, 0) is 17.6 Å². The Labute approximate surface area is 152 Å². The molecule has 0 unspecified atom stereocenters. The number of amides is 1. The van der Waals surface area contributed by atoms with E-state index >= 15 is 0 Å². The molecule has 0 aromatic carbocycles. The van der Waals surface area contributed by atoms with E-state index < -0.39 is 5.97 Å². The number of nitrogens with one attached hydrogen (secondary N) is 1. The van der Waals surface area contributed by atoms with Gasteiger partial charge in [0.15, 0.2) is 0 Å². The Kier molecular flexibility index (Phi) is 4.82. The molecule has 6 heteroatoms. The van der Waals surface area contributed by atoms with E-state index in [4.69, 9.17) is 5.11 Å². The van der Waals surface area contributed by atoms with Crippen LogP contribution in [0.2, 0.25) is 0 Å². The fraction of sp³-hybridized carbons (Fsp3) is 0.684. The molecule has 25 heavy (non-hydrogen) atoms. The van der Waals surface area contributed by atoms with Crippen molar-refractivity contribution in [3.63, 3.8) is 0 Å². The molecule has 1 heterocycles. The maximum absolute atomic E-state index is 12.5. The Morgan fingerprint density at radius 1 is 1.24 bits per heavy atom. The minimum absolute atomic E-state index is 0.0508. The van der Waals surface area contributed by atoms with Gasteiger partial charge in [-0.2, -0.15) is 0 Å². The highest BCUT2D eigenvalue weighted by molar-refractivity contribution is 7.14. The van der Waals surface area contributed by atoms with Gasteiger partial charge in [-0.15, -0.1) is 11.3 Å². The Morgan fingerprint density at radius 3 is 2.68 bits per heavy atom. The third kappa shape index (κ3) is 4.06. The number of rotatable bonds is 7. The fourth-order valence-corrected chi connectivity index (χ4v) is 5.17. The molecular weight excluding hydrogens is 336 g/mol. The molecule has 1 aromatic rings. The number of carbonyl (C=O) groups excluding carboxylic acids is 1. The quantitative estimate of drug-likeness (QED) is 0.782. The monoisotopic (exact) mass is 362 g/mol. The topological polar surface area (TPSA) is 69.6 Å². The lowest BCUT2D eigenvalue weighted by Gasteiger charge is -2.42. The van der Waals surface area contributed by atoms with Gasteiger partial charge >= 0.3 is 5.97 Å². The summed E-state index contributed by atoms with van der Waals surface area (Å²) in [7, 11) is 0. The average Bonchev–Trinajstić information content (AvgIpc) is 3.23. The van der Waals surface area contributed by atoms with Gasteiger partial charge in [0.05, 0.1) is 11.4 Å². The van der Waals surface area contributed by atoms with E-state index in [0.717, 1.165) is 37.1 Å².